The van der Waals surface area contributed by atoms with Crippen molar-refractivity contribution in [2.24, 2.45) is 0 Å². The zero-order valence-corrected chi connectivity index (χ0v) is 14.2. The van der Waals surface area contributed by atoms with Gasteiger partial charge in [-0.15, -0.1) is 0 Å². The van der Waals surface area contributed by atoms with Crippen LogP contribution in [0.5, 0.6) is 0 Å². The topological polar surface area (TPSA) is 74.8 Å². The van der Waals surface area contributed by atoms with Gasteiger partial charge in [0.25, 0.3) is 0 Å². The summed E-state index contributed by atoms with van der Waals surface area (Å²) in [4.78, 5) is 10.9. The van der Waals surface area contributed by atoms with Crippen LogP contribution in [0.3, 0.4) is 0 Å². The van der Waals surface area contributed by atoms with Crippen LogP contribution in [-0.4, -0.2) is 31.9 Å². The molecule has 0 aliphatic rings. The van der Waals surface area contributed by atoms with E-state index in [-0.39, 0.29) is 18.7 Å². The van der Waals surface area contributed by atoms with Gasteiger partial charge in [-0.3, -0.25) is 4.79 Å². The van der Waals surface area contributed by atoms with Gasteiger partial charge in [-0.2, -0.15) is 5.10 Å². The van der Waals surface area contributed by atoms with E-state index in [1.807, 2.05) is 0 Å². The highest BCUT2D eigenvalue weighted by Crippen LogP contribution is 2.33. The van der Waals surface area contributed by atoms with Crippen LogP contribution in [0.15, 0.2) is 36.4 Å². The fourth-order valence-electron chi connectivity index (χ4n) is 2.94. The molecule has 1 unspecified atom stereocenters. The number of carbonyl (C=O) groups is 1. The van der Waals surface area contributed by atoms with Crippen LogP contribution < -0.4 is 0 Å². The number of carboxylic acid groups (broad SMARTS) is 1. The number of aliphatic hydroxyl groups is 1. The van der Waals surface area contributed by atoms with Gasteiger partial charge in [-0.1, -0.05) is 23.7 Å². The zero-order valence-electron chi connectivity index (χ0n) is 13.4. The summed E-state index contributed by atoms with van der Waals surface area (Å²) in [6, 6.07) is 9.47. The number of hydrogen-bond donors (Lipinski definition) is 2. The number of nitrogens with zero attached hydrogens (tertiary/aromatic N) is 2. The zero-order chi connectivity index (χ0) is 18.1. The monoisotopic (exact) mass is 362 g/mol. The molecule has 0 saturated carbocycles. The van der Waals surface area contributed by atoms with E-state index in [0.29, 0.717) is 21.9 Å². The summed E-state index contributed by atoms with van der Waals surface area (Å²) in [5.74, 6) is -1.43. The van der Waals surface area contributed by atoms with E-state index >= 15 is 0 Å². The predicted octanol–water partition coefficient (Wildman–Crippen LogP) is 3.48. The van der Waals surface area contributed by atoms with E-state index in [1.165, 1.54) is 12.1 Å². The summed E-state index contributed by atoms with van der Waals surface area (Å²) < 4.78 is 14.9. The highest BCUT2D eigenvalue weighted by molar-refractivity contribution is 6.30. The van der Waals surface area contributed by atoms with Gasteiger partial charge in [0.15, 0.2) is 0 Å². The highest BCUT2D eigenvalue weighted by Gasteiger charge is 2.20. The van der Waals surface area contributed by atoms with E-state index < -0.39 is 12.1 Å². The number of halogens is 2. The van der Waals surface area contributed by atoms with Crippen LogP contribution in [-0.2, 0) is 11.2 Å². The first kappa shape index (κ1) is 17.4. The molecule has 0 fully saturated rings. The van der Waals surface area contributed by atoms with Crippen molar-refractivity contribution >= 4 is 23.1 Å². The van der Waals surface area contributed by atoms with Crippen LogP contribution in [0, 0.1) is 12.7 Å². The Morgan fingerprint density at radius 3 is 2.60 bits per heavy atom. The number of aromatic nitrogens is 2. The SMILES string of the molecule is Cc1nn2c(Cl)ccc2c(-c2ccc(F)cc2)c1CC(O)CC(=O)O. The molecule has 2 heterocycles. The quantitative estimate of drug-likeness (QED) is 0.728. The lowest BCUT2D eigenvalue weighted by molar-refractivity contribution is -0.139. The molecule has 3 aromatic rings. The number of aryl methyl sites for hydroxylation is 1. The molecule has 5 nitrogen and oxygen atoms in total. The molecule has 0 spiro atoms. The van der Waals surface area contributed by atoms with Gasteiger partial charge in [0, 0.05) is 12.0 Å². The average molecular weight is 363 g/mol. The summed E-state index contributed by atoms with van der Waals surface area (Å²) in [5.41, 5.74) is 3.53. The van der Waals surface area contributed by atoms with Gasteiger partial charge in [0.05, 0.1) is 23.7 Å². The number of aliphatic hydroxyl groups excluding tert-OH is 1. The molecule has 3 rings (SSSR count). The molecule has 25 heavy (non-hydrogen) atoms. The fraction of sp³-hybridized carbons (Fsp3) is 0.222. The maximum Gasteiger partial charge on any atom is 0.305 e. The molecule has 2 N–H and O–H groups in total. The molecule has 130 valence electrons. The Hall–Kier alpha value is -2.44. The molecule has 0 aliphatic carbocycles. The van der Waals surface area contributed by atoms with Gasteiger partial charge in [-0.05, 0) is 42.3 Å². The Balaban J connectivity index is 2.20. The van der Waals surface area contributed by atoms with Crippen molar-refractivity contribution in [2.75, 3.05) is 0 Å². The van der Waals surface area contributed by atoms with Crippen LogP contribution >= 0.6 is 11.6 Å². The molecular weight excluding hydrogens is 347 g/mol. The van der Waals surface area contributed by atoms with E-state index in [9.17, 15) is 14.3 Å². The highest BCUT2D eigenvalue weighted by atomic mass is 35.5. The molecule has 0 saturated heterocycles. The summed E-state index contributed by atoms with van der Waals surface area (Å²) >= 11 is 6.17. The third-order valence-corrected chi connectivity index (χ3v) is 4.32. The van der Waals surface area contributed by atoms with Crippen molar-refractivity contribution in [3.63, 3.8) is 0 Å². The Bertz CT molecular complexity index is 938. The van der Waals surface area contributed by atoms with Crippen molar-refractivity contribution in [2.45, 2.75) is 25.9 Å². The standard InChI is InChI=1S/C18H16ClFN2O3/c1-10-14(8-13(23)9-17(24)25)18(11-2-4-12(20)5-3-11)15-6-7-16(19)22(15)21-10/h2-7,13,23H,8-9H2,1H3,(H,24,25). The van der Waals surface area contributed by atoms with Crippen LogP contribution in [0.4, 0.5) is 4.39 Å². The molecule has 2 aromatic heterocycles. The molecular formula is C18H16ClFN2O3. The Labute approximate surface area is 148 Å². The van der Waals surface area contributed by atoms with Crippen molar-refractivity contribution in [1.29, 1.82) is 0 Å². The lowest BCUT2D eigenvalue weighted by Gasteiger charge is -2.17. The molecule has 0 radical (unpaired) electrons. The van der Waals surface area contributed by atoms with Crippen molar-refractivity contribution in [3.8, 4) is 11.1 Å². The van der Waals surface area contributed by atoms with Crippen LogP contribution in [0.25, 0.3) is 16.6 Å². The molecule has 1 atom stereocenters. The second-order valence-corrected chi connectivity index (χ2v) is 6.24. The summed E-state index contributed by atoms with van der Waals surface area (Å²) in [5, 5.41) is 23.8. The molecule has 0 bridgehead atoms. The lowest BCUT2D eigenvalue weighted by atomic mass is 9.94. The molecule has 1 aromatic carbocycles. The Morgan fingerprint density at radius 1 is 1.28 bits per heavy atom. The lowest BCUT2D eigenvalue weighted by Crippen LogP contribution is -2.18. The van der Waals surface area contributed by atoms with E-state index in [4.69, 9.17) is 16.7 Å². The summed E-state index contributed by atoms with van der Waals surface area (Å²) in [6.07, 6.45) is -1.29. The largest absolute Gasteiger partial charge is 0.481 e. The van der Waals surface area contributed by atoms with Crippen molar-refractivity contribution in [1.82, 2.24) is 9.61 Å². The van der Waals surface area contributed by atoms with Crippen LogP contribution in [0.1, 0.15) is 17.7 Å². The number of carboxylic acids is 1. The number of aliphatic carboxylic acids is 1. The number of fused-ring (bicyclic) bond motifs is 1. The average Bonchev–Trinajstić information content (AvgIpc) is 2.89. The Kier molecular flexibility index (Phi) is 4.74. The maximum atomic E-state index is 13.3. The summed E-state index contributed by atoms with van der Waals surface area (Å²) in [7, 11) is 0. The van der Waals surface area contributed by atoms with E-state index in [0.717, 1.165) is 11.1 Å². The number of hydrogen-bond acceptors (Lipinski definition) is 3. The first-order valence-corrected chi connectivity index (χ1v) is 8.07. The predicted molar refractivity (Wildman–Crippen MR) is 92.3 cm³/mol. The van der Waals surface area contributed by atoms with Gasteiger partial charge < -0.3 is 10.2 Å². The smallest absolute Gasteiger partial charge is 0.305 e. The first-order chi connectivity index (χ1) is 11.9. The normalized spacial score (nSPS) is 12.5. The third kappa shape index (κ3) is 3.50. The second-order valence-electron chi connectivity index (χ2n) is 5.85. The van der Waals surface area contributed by atoms with Crippen molar-refractivity contribution < 1.29 is 19.4 Å². The van der Waals surface area contributed by atoms with Gasteiger partial charge in [0.2, 0.25) is 0 Å². The van der Waals surface area contributed by atoms with Gasteiger partial charge in [0.1, 0.15) is 11.0 Å². The second kappa shape index (κ2) is 6.82. The number of benzene rings is 1. The number of rotatable bonds is 5. The maximum absolute atomic E-state index is 13.3. The third-order valence-electron chi connectivity index (χ3n) is 4.04. The Morgan fingerprint density at radius 2 is 1.96 bits per heavy atom. The van der Waals surface area contributed by atoms with Gasteiger partial charge in [-0.25, -0.2) is 8.91 Å². The first-order valence-electron chi connectivity index (χ1n) is 7.69. The van der Waals surface area contributed by atoms with E-state index in [2.05, 4.69) is 5.10 Å². The fourth-order valence-corrected chi connectivity index (χ4v) is 3.13. The van der Waals surface area contributed by atoms with E-state index in [1.54, 1.807) is 35.7 Å². The van der Waals surface area contributed by atoms with Crippen LogP contribution in [0.2, 0.25) is 5.15 Å². The van der Waals surface area contributed by atoms with Gasteiger partial charge >= 0.3 is 5.97 Å². The minimum Gasteiger partial charge on any atom is -0.481 e. The molecule has 0 aliphatic heterocycles. The summed E-state index contributed by atoms with van der Waals surface area (Å²) in [6.45, 7) is 1.77. The minimum atomic E-state index is -1.08. The molecule has 7 heteroatoms. The minimum absolute atomic E-state index is 0.122. The van der Waals surface area contributed by atoms with Crippen molar-refractivity contribution in [3.05, 3.63) is 58.6 Å². The molecule has 0 amide bonds.